The van der Waals surface area contributed by atoms with Crippen molar-refractivity contribution in [3.63, 3.8) is 0 Å². The molecule has 29 heavy (non-hydrogen) atoms. The molecule has 1 heterocycles. The molecule has 0 bridgehead atoms. The number of hydrogen-bond donors (Lipinski definition) is 1. The normalized spacial score (nSPS) is 10.4. The van der Waals surface area contributed by atoms with E-state index < -0.39 is 10.8 Å². The number of Topliss-reactive ketones (excluding diaryl/α,β-unsaturated/α-hetero) is 1. The molecule has 2 aromatic carbocycles. The van der Waals surface area contributed by atoms with Crippen LogP contribution in [-0.4, -0.2) is 21.2 Å². The lowest BCUT2D eigenvalue weighted by atomic mass is 10.1. The molecule has 0 fully saturated rings. The number of nitro groups is 1. The number of carbonyl (C=O) groups excluding carboxylic acids is 2. The first-order valence-corrected chi connectivity index (χ1v) is 8.70. The van der Waals surface area contributed by atoms with E-state index in [4.69, 9.17) is 0 Å². The summed E-state index contributed by atoms with van der Waals surface area (Å²) in [6.07, 6.45) is 1.38. The van der Waals surface area contributed by atoms with Gasteiger partial charge in [-0.1, -0.05) is 24.3 Å². The summed E-state index contributed by atoms with van der Waals surface area (Å²) < 4.78 is 1.30. The summed E-state index contributed by atoms with van der Waals surface area (Å²) >= 11 is 0. The Morgan fingerprint density at radius 3 is 2.55 bits per heavy atom. The molecule has 0 aliphatic rings. The monoisotopic (exact) mass is 391 g/mol. The lowest BCUT2D eigenvalue weighted by molar-refractivity contribution is -0.384. The molecule has 146 valence electrons. The van der Waals surface area contributed by atoms with Gasteiger partial charge >= 0.3 is 0 Å². The number of benzene rings is 2. The number of para-hydroxylation sites is 1. The molecular formula is C21H17N3O5. The van der Waals surface area contributed by atoms with E-state index in [1.807, 2.05) is 0 Å². The lowest BCUT2D eigenvalue weighted by Crippen LogP contribution is -2.23. The van der Waals surface area contributed by atoms with Crippen LogP contribution in [0.25, 0.3) is 0 Å². The number of aromatic nitrogens is 1. The zero-order valence-corrected chi connectivity index (χ0v) is 15.5. The SMILES string of the molecule is CC(=O)c1ccccc1NC(=O)c1ccc(=O)n(Cc2cccc([N+](=O)[O-])c2)c1. The molecule has 0 saturated carbocycles. The highest BCUT2D eigenvalue weighted by molar-refractivity contribution is 6.08. The van der Waals surface area contributed by atoms with Crippen LogP contribution < -0.4 is 10.9 Å². The maximum absolute atomic E-state index is 12.6. The molecule has 8 heteroatoms. The molecule has 3 rings (SSSR count). The van der Waals surface area contributed by atoms with E-state index in [2.05, 4.69) is 5.32 Å². The standard InChI is InChI=1S/C21H17N3O5/c1-14(25)18-7-2-3-8-19(18)22-21(27)16-9-10-20(26)23(13-16)12-15-5-4-6-17(11-15)24(28)29/h2-11,13H,12H2,1H3,(H,22,27). The summed E-state index contributed by atoms with van der Waals surface area (Å²) in [6.45, 7) is 1.48. The first-order valence-electron chi connectivity index (χ1n) is 8.70. The predicted octanol–water partition coefficient (Wildman–Crippen LogP) is 3.26. The number of amides is 1. The molecule has 0 radical (unpaired) electrons. The minimum atomic E-state index is -0.511. The maximum atomic E-state index is 12.6. The van der Waals surface area contributed by atoms with Gasteiger partial charge in [0.1, 0.15) is 0 Å². The Kier molecular flexibility index (Phi) is 5.64. The number of nitrogens with one attached hydrogen (secondary N) is 1. The van der Waals surface area contributed by atoms with Gasteiger partial charge in [0, 0.05) is 30.0 Å². The van der Waals surface area contributed by atoms with Gasteiger partial charge in [-0.15, -0.1) is 0 Å². The summed E-state index contributed by atoms with van der Waals surface area (Å²) in [6, 6.07) is 15.2. The number of ketones is 1. The Labute approximate surface area is 165 Å². The van der Waals surface area contributed by atoms with Crippen molar-refractivity contribution < 1.29 is 14.5 Å². The Balaban J connectivity index is 1.86. The summed E-state index contributed by atoms with van der Waals surface area (Å²) in [7, 11) is 0. The Bertz CT molecular complexity index is 1170. The van der Waals surface area contributed by atoms with Crippen molar-refractivity contribution in [3.05, 3.63) is 104 Å². The van der Waals surface area contributed by atoms with Crippen LogP contribution in [0, 0.1) is 10.1 Å². The highest BCUT2D eigenvalue weighted by Crippen LogP contribution is 2.17. The van der Waals surface area contributed by atoms with E-state index in [-0.39, 0.29) is 29.1 Å². The van der Waals surface area contributed by atoms with Gasteiger partial charge in [0.05, 0.1) is 22.7 Å². The van der Waals surface area contributed by atoms with Crippen molar-refractivity contribution in [1.29, 1.82) is 0 Å². The van der Waals surface area contributed by atoms with E-state index in [1.54, 1.807) is 30.3 Å². The second-order valence-electron chi connectivity index (χ2n) is 6.37. The molecule has 3 aromatic rings. The van der Waals surface area contributed by atoms with E-state index >= 15 is 0 Å². The Morgan fingerprint density at radius 1 is 1.07 bits per heavy atom. The van der Waals surface area contributed by atoms with Crippen LogP contribution in [0.4, 0.5) is 11.4 Å². The maximum Gasteiger partial charge on any atom is 0.269 e. The van der Waals surface area contributed by atoms with Crippen molar-refractivity contribution in [2.75, 3.05) is 5.32 Å². The fourth-order valence-electron chi connectivity index (χ4n) is 2.85. The van der Waals surface area contributed by atoms with Gasteiger partial charge in [0.15, 0.2) is 5.78 Å². The third kappa shape index (κ3) is 4.62. The third-order valence-corrected chi connectivity index (χ3v) is 4.27. The van der Waals surface area contributed by atoms with Gasteiger partial charge in [-0.05, 0) is 30.7 Å². The number of hydrogen-bond acceptors (Lipinski definition) is 5. The van der Waals surface area contributed by atoms with Crippen LogP contribution in [0.15, 0.2) is 71.7 Å². The highest BCUT2D eigenvalue weighted by atomic mass is 16.6. The minimum Gasteiger partial charge on any atom is -0.321 e. The Morgan fingerprint density at radius 2 is 1.83 bits per heavy atom. The molecule has 8 nitrogen and oxygen atoms in total. The molecule has 0 unspecified atom stereocenters. The number of nitrogens with zero attached hydrogens (tertiary/aromatic N) is 2. The van der Waals surface area contributed by atoms with Gasteiger partial charge < -0.3 is 9.88 Å². The number of rotatable bonds is 6. The molecule has 0 aliphatic carbocycles. The quantitative estimate of drug-likeness (QED) is 0.394. The first-order chi connectivity index (χ1) is 13.8. The van der Waals surface area contributed by atoms with Crippen molar-refractivity contribution >= 4 is 23.1 Å². The third-order valence-electron chi connectivity index (χ3n) is 4.27. The topological polar surface area (TPSA) is 111 Å². The van der Waals surface area contributed by atoms with Crippen molar-refractivity contribution in [1.82, 2.24) is 4.57 Å². The van der Waals surface area contributed by atoms with Gasteiger partial charge in [-0.25, -0.2) is 0 Å². The van der Waals surface area contributed by atoms with E-state index in [1.165, 1.54) is 48.0 Å². The molecule has 0 atom stereocenters. The molecule has 0 saturated heterocycles. The van der Waals surface area contributed by atoms with Crippen LogP contribution in [0.2, 0.25) is 0 Å². The van der Waals surface area contributed by atoms with Crippen LogP contribution in [0.1, 0.15) is 33.2 Å². The van der Waals surface area contributed by atoms with Crippen molar-refractivity contribution in [2.24, 2.45) is 0 Å². The zero-order valence-electron chi connectivity index (χ0n) is 15.5. The molecule has 1 aromatic heterocycles. The molecular weight excluding hydrogens is 374 g/mol. The fraction of sp³-hybridized carbons (Fsp3) is 0.0952. The number of non-ortho nitro benzene ring substituents is 1. The average molecular weight is 391 g/mol. The van der Waals surface area contributed by atoms with Gasteiger partial charge in [-0.3, -0.25) is 24.5 Å². The molecule has 1 amide bonds. The molecule has 1 N–H and O–H groups in total. The summed E-state index contributed by atoms with van der Waals surface area (Å²) in [5.41, 5.74) is 1.10. The van der Waals surface area contributed by atoms with Crippen LogP contribution >= 0.6 is 0 Å². The first kappa shape index (κ1) is 19.7. The molecule has 0 aliphatic heterocycles. The second-order valence-corrected chi connectivity index (χ2v) is 6.37. The van der Waals surface area contributed by atoms with Crippen molar-refractivity contribution in [2.45, 2.75) is 13.5 Å². The van der Waals surface area contributed by atoms with Gasteiger partial charge in [-0.2, -0.15) is 0 Å². The minimum absolute atomic E-state index is 0.0751. The Hall–Kier alpha value is -4.07. The number of anilines is 1. The van der Waals surface area contributed by atoms with E-state index in [0.29, 0.717) is 16.8 Å². The van der Waals surface area contributed by atoms with Crippen LogP contribution in [0.5, 0.6) is 0 Å². The number of carbonyl (C=O) groups is 2. The highest BCUT2D eigenvalue weighted by Gasteiger charge is 2.13. The predicted molar refractivity (Wildman–Crippen MR) is 107 cm³/mol. The largest absolute Gasteiger partial charge is 0.321 e. The zero-order chi connectivity index (χ0) is 21.0. The van der Waals surface area contributed by atoms with Crippen molar-refractivity contribution in [3.8, 4) is 0 Å². The summed E-state index contributed by atoms with van der Waals surface area (Å²) in [5.74, 6) is -0.664. The number of nitro benzene ring substituents is 1. The average Bonchev–Trinajstić information content (AvgIpc) is 2.70. The van der Waals surface area contributed by atoms with Gasteiger partial charge in [0.2, 0.25) is 0 Å². The summed E-state index contributed by atoms with van der Waals surface area (Å²) in [4.78, 5) is 46.9. The van der Waals surface area contributed by atoms with Crippen LogP contribution in [-0.2, 0) is 6.54 Å². The van der Waals surface area contributed by atoms with E-state index in [0.717, 1.165) is 0 Å². The second kappa shape index (κ2) is 8.30. The van der Waals surface area contributed by atoms with Crippen LogP contribution in [0.3, 0.4) is 0 Å². The summed E-state index contributed by atoms with van der Waals surface area (Å²) in [5, 5.41) is 13.6. The lowest BCUT2D eigenvalue weighted by Gasteiger charge is -2.11. The van der Waals surface area contributed by atoms with E-state index in [9.17, 15) is 24.5 Å². The van der Waals surface area contributed by atoms with Gasteiger partial charge in [0.25, 0.3) is 17.2 Å². The fourth-order valence-corrected chi connectivity index (χ4v) is 2.85. The smallest absolute Gasteiger partial charge is 0.269 e. The number of pyridine rings is 1. The molecule has 0 spiro atoms.